The van der Waals surface area contributed by atoms with E-state index in [1.54, 1.807) is 11.8 Å². The molecule has 0 bridgehead atoms. The lowest BCUT2D eigenvalue weighted by Gasteiger charge is -2.29. The average molecular weight is 475 g/mol. The van der Waals surface area contributed by atoms with E-state index < -0.39 is 6.04 Å². The minimum atomic E-state index is -0.541. The Bertz CT molecular complexity index is 823. The number of amides is 2. The predicted octanol–water partition coefficient (Wildman–Crippen LogP) is 4.86. The molecule has 1 atom stereocenters. The third-order valence-corrected chi connectivity index (χ3v) is 5.28. The van der Waals surface area contributed by atoms with Crippen molar-refractivity contribution in [2.24, 2.45) is 0 Å². The fourth-order valence-electron chi connectivity index (χ4n) is 3.00. The molecule has 2 aromatic rings. The highest BCUT2D eigenvalue weighted by Gasteiger charge is 2.25. The molecule has 0 aliphatic heterocycles. The van der Waals surface area contributed by atoms with Crippen LogP contribution in [0.15, 0.2) is 53.0 Å². The molecule has 0 radical (unpaired) electrons. The molecule has 0 aliphatic rings. The standard InChI is InChI=1S/C24H31BrN2O3/c1-4-14-26-24(29)19(3)27(17-20-7-5-8-21(25)16-20)23(28)9-6-15-30-22-12-10-18(2)11-13-22/h5,7-8,10-13,16,19H,4,6,9,14-15,17H2,1-3H3,(H,26,29)/t19-/m1/s1. The number of carbonyl (C=O) groups is 2. The van der Waals surface area contributed by atoms with Crippen LogP contribution in [0.1, 0.15) is 44.2 Å². The Balaban J connectivity index is 1.97. The molecule has 2 aromatic carbocycles. The van der Waals surface area contributed by atoms with Gasteiger partial charge < -0.3 is 15.0 Å². The zero-order chi connectivity index (χ0) is 21.9. The molecule has 30 heavy (non-hydrogen) atoms. The molecule has 0 aliphatic carbocycles. The lowest BCUT2D eigenvalue weighted by atomic mass is 10.1. The van der Waals surface area contributed by atoms with Crippen LogP contribution >= 0.6 is 15.9 Å². The summed E-state index contributed by atoms with van der Waals surface area (Å²) in [6.45, 7) is 7.26. The monoisotopic (exact) mass is 474 g/mol. The molecule has 0 spiro atoms. The Hall–Kier alpha value is -2.34. The van der Waals surface area contributed by atoms with Crippen LogP contribution in [0.25, 0.3) is 0 Å². The van der Waals surface area contributed by atoms with Gasteiger partial charge in [0, 0.05) is 24.0 Å². The summed E-state index contributed by atoms with van der Waals surface area (Å²) in [4.78, 5) is 27.1. The van der Waals surface area contributed by atoms with Gasteiger partial charge in [-0.25, -0.2) is 0 Å². The van der Waals surface area contributed by atoms with Crippen molar-refractivity contribution in [3.05, 3.63) is 64.1 Å². The van der Waals surface area contributed by atoms with Crippen molar-refractivity contribution in [2.45, 2.75) is 52.6 Å². The van der Waals surface area contributed by atoms with Crippen LogP contribution in [0.4, 0.5) is 0 Å². The summed E-state index contributed by atoms with van der Waals surface area (Å²) in [5.74, 6) is 0.615. The molecule has 6 heteroatoms. The third-order valence-electron chi connectivity index (χ3n) is 4.78. The molecular formula is C24H31BrN2O3. The maximum absolute atomic E-state index is 13.0. The number of rotatable bonds is 11. The van der Waals surface area contributed by atoms with Crippen molar-refractivity contribution in [1.29, 1.82) is 0 Å². The number of benzene rings is 2. The van der Waals surface area contributed by atoms with E-state index in [0.29, 0.717) is 32.5 Å². The summed E-state index contributed by atoms with van der Waals surface area (Å²) in [6, 6.07) is 15.1. The Morgan fingerprint density at radius 3 is 2.57 bits per heavy atom. The Morgan fingerprint density at radius 1 is 1.17 bits per heavy atom. The molecule has 0 aromatic heterocycles. The largest absolute Gasteiger partial charge is 0.494 e. The normalized spacial score (nSPS) is 11.6. The van der Waals surface area contributed by atoms with Crippen LogP contribution in [-0.4, -0.2) is 35.9 Å². The highest BCUT2D eigenvalue weighted by molar-refractivity contribution is 9.10. The number of hydrogen-bond donors (Lipinski definition) is 1. The molecule has 2 rings (SSSR count). The highest BCUT2D eigenvalue weighted by Crippen LogP contribution is 2.17. The summed E-state index contributed by atoms with van der Waals surface area (Å²) >= 11 is 3.47. The molecular weight excluding hydrogens is 444 g/mol. The van der Waals surface area contributed by atoms with Crippen LogP contribution < -0.4 is 10.1 Å². The first kappa shape index (κ1) is 23.9. The van der Waals surface area contributed by atoms with Gasteiger partial charge in [-0.2, -0.15) is 0 Å². The highest BCUT2D eigenvalue weighted by atomic mass is 79.9. The van der Waals surface area contributed by atoms with E-state index in [1.807, 2.05) is 62.4 Å². The number of carbonyl (C=O) groups excluding carboxylic acids is 2. The lowest BCUT2D eigenvalue weighted by Crippen LogP contribution is -2.47. The number of hydrogen-bond acceptors (Lipinski definition) is 3. The molecule has 0 saturated heterocycles. The number of nitrogens with one attached hydrogen (secondary N) is 1. The van der Waals surface area contributed by atoms with Gasteiger partial charge in [0.2, 0.25) is 11.8 Å². The van der Waals surface area contributed by atoms with Gasteiger partial charge in [0.05, 0.1) is 6.61 Å². The van der Waals surface area contributed by atoms with Crippen LogP contribution in [-0.2, 0) is 16.1 Å². The minimum absolute atomic E-state index is 0.0540. The number of halogens is 1. The summed E-state index contributed by atoms with van der Waals surface area (Å²) in [5.41, 5.74) is 2.15. The van der Waals surface area contributed by atoms with Crippen molar-refractivity contribution < 1.29 is 14.3 Å². The van der Waals surface area contributed by atoms with Crippen LogP contribution in [0.2, 0.25) is 0 Å². The molecule has 0 fully saturated rings. The first-order valence-electron chi connectivity index (χ1n) is 10.4. The van der Waals surface area contributed by atoms with Gasteiger partial charge in [0.1, 0.15) is 11.8 Å². The van der Waals surface area contributed by atoms with E-state index in [9.17, 15) is 9.59 Å². The van der Waals surface area contributed by atoms with Gasteiger partial charge in [-0.1, -0.05) is 52.7 Å². The van der Waals surface area contributed by atoms with Gasteiger partial charge in [-0.05, 0) is 56.5 Å². The van der Waals surface area contributed by atoms with Crippen LogP contribution in [0, 0.1) is 6.92 Å². The lowest BCUT2D eigenvalue weighted by molar-refractivity contribution is -0.140. The zero-order valence-electron chi connectivity index (χ0n) is 18.0. The van der Waals surface area contributed by atoms with E-state index in [4.69, 9.17) is 4.74 Å². The van der Waals surface area contributed by atoms with Gasteiger partial charge in [0.25, 0.3) is 0 Å². The summed E-state index contributed by atoms with van der Waals surface area (Å²) in [5, 5.41) is 2.89. The Labute approximate surface area is 187 Å². The van der Waals surface area contributed by atoms with Crippen molar-refractivity contribution >= 4 is 27.7 Å². The average Bonchev–Trinajstić information content (AvgIpc) is 2.74. The fraction of sp³-hybridized carbons (Fsp3) is 0.417. The minimum Gasteiger partial charge on any atom is -0.494 e. The van der Waals surface area contributed by atoms with Gasteiger partial charge in [0.15, 0.2) is 0 Å². The summed E-state index contributed by atoms with van der Waals surface area (Å²) in [7, 11) is 0. The molecule has 162 valence electrons. The third kappa shape index (κ3) is 7.82. The van der Waals surface area contributed by atoms with Gasteiger partial charge in [-0.15, -0.1) is 0 Å². The second kappa shape index (κ2) is 12.4. The van der Waals surface area contributed by atoms with E-state index in [2.05, 4.69) is 21.2 Å². The van der Waals surface area contributed by atoms with E-state index in [-0.39, 0.29) is 11.8 Å². The van der Waals surface area contributed by atoms with E-state index in [1.165, 1.54) is 5.56 Å². The summed E-state index contributed by atoms with van der Waals surface area (Å²) < 4.78 is 6.68. The van der Waals surface area contributed by atoms with E-state index >= 15 is 0 Å². The second-order valence-corrected chi connectivity index (χ2v) is 8.30. The molecule has 2 amide bonds. The first-order valence-corrected chi connectivity index (χ1v) is 11.2. The van der Waals surface area contributed by atoms with E-state index in [0.717, 1.165) is 22.2 Å². The summed E-state index contributed by atoms with van der Waals surface area (Å²) in [6.07, 6.45) is 1.77. The number of nitrogens with zero attached hydrogens (tertiary/aromatic N) is 1. The maximum atomic E-state index is 13.0. The van der Waals surface area contributed by atoms with Crippen LogP contribution in [0.5, 0.6) is 5.75 Å². The smallest absolute Gasteiger partial charge is 0.242 e. The zero-order valence-corrected chi connectivity index (χ0v) is 19.6. The maximum Gasteiger partial charge on any atom is 0.242 e. The fourth-order valence-corrected chi connectivity index (χ4v) is 3.45. The topological polar surface area (TPSA) is 58.6 Å². The van der Waals surface area contributed by atoms with Crippen LogP contribution in [0.3, 0.4) is 0 Å². The van der Waals surface area contributed by atoms with Gasteiger partial charge >= 0.3 is 0 Å². The van der Waals surface area contributed by atoms with Crippen molar-refractivity contribution in [1.82, 2.24) is 10.2 Å². The quantitative estimate of drug-likeness (QED) is 0.473. The molecule has 0 heterocycles. The number of aryl methyl sites for hydroxylation is 1. The molecule has 0 unspecified atom stereocenters. The first-order chi connectivity index (χ1) is 14.4. The Kier molecular flexibility index (Phi) is 9.87. The SMILES string of the molecule is CCCNC(=O)[C@@H](C)N(Cc1cccc(Br)c1)C(=O)CCCOc1ccc(C)cc1. The van der Waals surface area contributed by atoms with Crippen molar-refractivity contribution in [3.63, 3.8) is 0 Å². The Morgan fingerprint density at radius 2 is 1.90 bits per heavy atom. The molecule has 1 N–H and O–H groups in total. The molecule has 0 saturated carbocycles. The molecule has 5 nitrogen and oxygen atoms in total. The van der Waals surface area contributed by atoms with Crippen molar-refractivity contribution in [2.75, 3.05) is 13.2 Å². The van der Waals surface area contributed by atoms with Crippen molar-refractivity contribution in [3.8, 4) is 5.75 Å². The number of ether oxygens (including phenoxy) is 1. The predicted molar refractivity (Wildman–Crippen MR) is 123 cm³/mol. The van der Waals surface area contributed by atoms with Gasteiger partial charge in [-0.3, -0.25) is 9.59 Å². The second-order valence-electron chi connectivity index (χ2n) is 7.38.